The number of aliphatic hydroxyl groups is 1. The number of benzene rings is 1. The van der Waals surface area contributed by atoms with E-state index in [1.165, 1.54) is 31.2 Å². The summed E-state index contributed by atoms with van der Waals surface area (Å²) in [5.74, 6) is -4.21. The van der Waals surface area contributed by atoms with E-state index in [2.05, 4.69) is 24.9 Å². The molecule has 1 aromatic carbocycles. The first-order valence-electron chi connectivity index (χ1n) is 12.1. The molecule has 0 bridgehead atoms. The van der Waals surface area contributed by atoms with Crippen molar-refractivity contribution in [3.05, 3.63) is 69.8 Å². The minimum atomic E-state index is -5.12. The molecule has 4 rings (SSSR count). The lowest BCUT2D eigenvalue weighted by Crippen LogP contribution is -2.37. The van der Waals surface area contributed by atoms with Gasteiger partial charge in [0.2, 0.25) is 0 Å². The largest absolute Gasteiger partial charge is 0.573 e. The minimum Gasteiger partial charge on any atom is -0.481 e. The van der Waals surface area contributed by atoms with E-state index in [0.29, 0.717) is 9.25 Å². The number of carboxylic acid groups (broad SMARTS) is 1. The van der Waals surface area contributed by atoms with Crippen LogP contribution in [0.3, 0.4) is 0 Å². The molecule has 230 valence electrons. The fraction of sp³-hybridized carbons (Fsp3) is 0.333. The van der Waals surface area contributed by atoms with Crippen LogP contribution in [0, 0.1) is 0 Å². The number of aliphatic hydroxyl groups excluding tert-OH is 1. The zero-order chi connectivity index (χ0) is 31.7. The van der Waals surface area contributed by atoms with Crippen LogP contribution in [-0.4, -0.2) is 68.9 Å². The molecule has 4 aromatic rings. The van der Waals surface area contributed by atoms with Crippen molar-refractivity contribution in [3.63, 3.8) is 0 Å². The number of rotatable bonds is 10. The van der Waals surface area contributed by atoms with Gasteiger partial charge in [0.1, 0.15) is 12.4 Å². The molecule has 0 unspecified atom stereocenters. The Morgan fingerprint density at radius 2 is 1.77 bits per heavy atom. The highest BCUT2D eigenvalue weighted by molar-refractivity contribution is 6.30. The Kier molecular flexibility index (Phi) is 8.82. The van der Waals surface area contributed by atoms with E-state index in [1.807, 2.05) is 0 Å². The summed E-state index contributed by atoms with van der Waals surface area (Å²) in [6.45, 7) is -0.421. The van der Waals surface area contributed by atoms with Crippen LogP contribution in [0.15, 0.2) is 47.4 Å². The van der Waals surface area contributed by atoms with Gasteiger partial charge >= 0.3 is 24.2 Å². The monoisotopic (exact) mass is 635 g/mol. The number of pyridine rings is 1. The second kappa shape index (κ2) is 12.0. The highest BCUT2D eigenvalue weighted by Crippen LogP contribution is 2.30. The van der Waals surface area contributed by atoms with Crippen molar-refractivity contribution in [2.24, 2.45) is 0 Å². The lowest BCUT2D eigenvalue weighted by molar-refractivity contribution is -0.274. The standard InChI is InChI=1S/C24H20ClF6N7O5/c1-12(9-18(40)41)19-33-17(34-38(19)21-15(3-2-8-32-21)43-24(29,30)31)11-37-22(42)36(10-16(39)23(26,27)28)20(35-37)13-4-6-14(25)7-5-13/h2-8,12,16,39H,9-11H2,1H3,(H,40,41)/t12-,16-/m0/s1. The van der Waals surface area contributed by atoms with Gasteiger partial charge in [-0.05, 0) is 36.4 Å². The SMILES string of the molecule is C[C@@H](CC(=O)O)c1nc(Cn2nc(-c3ccc(Cl)cc3)n(C[C@H](O)C(F)(F)F)c2=O)nn1-c1ncccc1OC(F)(F)F. The molecule has 0 spiro atoms. The topological polar surface area (TPSA) is 150 Å². The molecule has 0 saturated carbocycles. The van der Waals surface area contributed by atoms with Crippen LogP contribution in [0.2, 0.25) is 5.02 Å². The number of aromatic nitrogens is 7. The fourth-order valence-electron chi connectivity index (χ4n) is 3.94. The Labute approximate surface area is 241 Å². The van der Waals surface area contributed by atoms with Crippen molar-refractivity contribution in [1.82, 2.24) is 34.1 Å². The molecule has 3 heterocycles. The number of hydrogen-bond acceptors (Lipinski definition) is 8. The first-order valence-corrected chi connectivity index (χ1v) is 12.5. The summed E-state index contributed by atoms with van der Waals surface area (Å²) in [4.78, 5) is 32.6. The van der Waals surface area contributed by atoms with E-state index in [-0.39, 0.29) is 28.1 Å². The number of ether oxygens (including phenoxy) is 1. The van der Waals surface area contributed by atoms with Gasteiger partial charge in [0.25, 0.3) is 0 Å². The number of nitrogens with zero attached hydrogens (tertiary/aromatic N) is 7. The van der Waals surface area contributed by atoms with Crippen LogP contribution in [0.1, 0.15) is 30.9 Å². The Hall–Kier alpha value is -4.45. The number of halogens is 7. The smallest absolute Gasteiger partial charge is 0.481 e. The molecule has 0 amide bonds. The summed E-state index contributed by atoms with van der Waals surface area (Å²) in [5, 5.41) is 27.4. The third-order valence-electron chi connectivity index (χ3n) is 5.82. The molecule has 12 nitrogen and oxygen atoms in total. The van der Waals surface area contributed by atoms with Gasteiger partial charge in [-0.25, -0.2) is 19.4 Å². The molecule has 2 N–H and O–H groups in total. The van der Waals surface area contributed by atoms with Gasteiger partial charge in [-0.1, -0.05) is 18.5 Å². The molecule has 0 aliphatic carbocycles. The van der Waals surface area contributed by atoms with Crippen LogP contribution < -0.4 is 10.4 Å². The van der Waals surface area contributed by atoms with Crippen molar-refractivity contribution in [3.8, 4) is 23.0 Å². The average Bonchev–Trinajstić information content (AvgIpc) is 3.45. The van der Waals surface area contributed by atoms with E-state index >= 15 is 0 Å². The molecule has 19 heteroatoms. The van der Waals surface area contributed by atoms with Crippen LogP contribution in [-0.2, 0) is 17.9 Å². The molecule has 2 atom stereocenters. The zero-order valence-electron chi connectivity index (χ0n) is 21.7. The average molecular weight is 636 g/mol. The molecule has 0 fully saturated rings. The molecular formula is C24H20ClF6N7O5. The molecule has 0 saturated heterocycles. The number of hydrogen-bond donors (Lipinski definition) is 2. The van der Waals surface area contributed by atoms with Crippen molar-refractivity contribution in [2.75, 3.05) is 0 Å². The Morgan fingerprint density at radius 1 is 1.09 bits per heavy atom. The quantitative estimate of drug-likeness (QED) is 0.248. The first kappa shape index (κ1) is 31.5. The Morgan fingerprint density at radius 3 is 2.37 bits per heavy atom. The van der Waals surface area contributed by atoms with Crippen molar-refractivity contribution >= 4 is 17.6 Å². The van der Waals surface area contributed by atoms with Crippen molar-refractivity contribution in [2.45, 2.75) is 51.0 Å². The molecular weight excluding hydrogens is 616 g/mol. The second-order valence-electron chi connectivity index (χ2n) is 9.11. The zero-order valence-corrected chi connectivity index (χ0v) is 22.5. The molecule has 0 aliphatic heterocycles. The summed E-state index contributed by atoms with van der Waals surface area (Å²) >= 11 is 5.88. The fourth-order valence-corrected chi connectivity index (χ4v) is 4.07. The third-order valence-corrected chi connectivity index (χ3v) is 6.08. The summed E-state index contributed by atoms with van der Waals surface area (Å²) in [7, 11) is 0. The predicted octanol–water partition coefficient (Wildman–Crippen LogP) is 3.79. The number of carbonyl (C=O) groups is 1. The predicted molar refractivity (Wildman–Crippen MR) is 135 cm³/mol. The first-order chi connectivity index (χ1) is 20.0. The highest BCUT2D eigenvalue weighted by Gasteiger charge is 2.39. The second-order valence-corrected chi connectivity index (χ2v) is 9.55. The lowest BCUT2D eigenvalue weighted by Gasteiger charge is -2.15. The van der Waals surface area contributed by atoms with E-state index < -0.39 is 67.3 Å². The summed E-state index contributed by atoms with van der Waals surface area (Å²) in [6, 6.07) is 7.66. The van der Waals surface area contributed by atoms with Gasteiger partial charge in [0.05, 0.1) is 13.0 Å². The van der Waals surface area contributed by atoms with Gasteiger partial charge in [0, 0.05) is 22.7 Å². The van der Waals surface area contributed by atoms with E-state index in [0.717, 1.165) is 23.0 Å². The van der Waals surface area contributed by atoms with E-state index in [1.54, 1.807) is 0 Å². The number of alkyl halides is 6. The summed E-state index contributed by atoms with van der Waals surface area (Å²) in [5.41, 5.74) is -0.935. The maximum absolute atomic E-state index is 13.2. The van der Waals surface area contributed by atoms with Gasteiger partial charge < -0.3 is 14.9 Å². The summed E-state index contributed by atoms with van der Waals surface area (Å²) < 4.78 is 84.7. The summed E-state index contributed by atoms with van der Waals surface area (Å²) in [6.07, 6.45) is -12.5. The Balaban J connectivity index is 1.82. The maximum atomic E-state index is 13.2. The maximum Gasteiger partial charge on any atom is 0.573 e. The third kappa shape index (κ3) is 7.50. The van der Waals surface area contributed by atoms with E-state index in [4.69, 9.17) is 11.6 Å². The number of aliphatic carboxylic acids is 1. The van der Waals surface area contributed by atoms with Crippen LogP contribution >= 0.6 is 11.6 Å². The van der Waals surface area contributed by atoms with Gasteiger partial charge in [-0.3, -0.25) is 9.36 Å². The van der Waals surface area contributed by atoms with Crippen molar-refractivity contribution < 1.29 is 46.1 Å². The molecule has 43 heavy (non-hydrogen) atoms. The molecule has 3 aromatic heterocycles. The molecule has 0 radical (unpaired) electrons. The van der Waals surface area contributed by atoms with Gasteiger partial charge in [-0.15, -0.1) is 23.4 Å². The van der Waals surface area contributed by atoms with Crippen LogP contribution in [0.5, 0.6) is 5.75 Å². The van der Waals surface area contributed by atoms with Crippen LogP contribution in [0.25, 0.3) is 17.2 Å². The van der Waals surface area contributed by atoms with Crippen LogP contribution in [0.4, 0.5) is 26.3 Å². The lowest BCUT2D eigenvalue weighted by atomic mass is 10.1. The van der Waals surface area contributed by atoms with Crippen molar-refractivity contribution in [1.29, 1.82) is 0 Å². The Bertz CT molecular complexity index is 1670. The number of carboxylic acids is 1. The van der Waals surface area contributed by atoms with Gasteiger partial charge in [0.15, 0.2) is 29.3 Å². The minimum absolute atomic E-state index is 0.166. The van der Waals surface area contributed by atoms with E-state index in [9.17, 15) is 46.1 Å². The highest BCUT2D eigenvalue weighted by atomic mass is 35.5. The normalized spacial score (nSPS) is 13.6. The van der Waals surface area contributed by atoms with Gasteiger partial charge in [-0.2, -0.15) is 17.9 Å². The molecule has 0 aliphatic rings.